The second-order valence-corrected chi connectivity index (χ2v) is 7.60. The maximum atomic E-state index is 14.1. The van der Waals surface area contributed by atoms with Crippen LogP contribution in [0.4, 0.5) is 4.39 Å². The third-order valence-electron chi connectivity index (χ3n) is 4.94. The van der Waals surface area contributed by atoms with Gasteiger partial charge in [0.2, 0.25) is 0 Å². The Hall–Kier alpha value is -3.10. The molecule has 0 amide bonds. The predicted octanol–water partition coefficient (Wildman–Crippen LogP) is 2.84. The Labute approximate surface area is 166 Å². The van der Waals surface area contributed by atoms with Crippen LogP contribution in [0.3, 0.4) is 0 Å². The molecular weight excluding hydrogens is 375 g/mol. The molecule has 3 heterocycles. The summed E-state index contributed by atoms with van der Waals surface area (Å²) in [4.78, 5) is 4.65. The van der Waals surface area contributed by atoms with Gasteiger partial charge in [0, 0.05) is 23.1 Å². The number of aliphatic hydroxyl groups excluding tert-OH is 2. The maximum Gasteiger partial charge on any atom is 0.187 e. The van der Waals surface area contributed by atoms with Crippen molar-refractivity contribution < 1.29 is 19.3 Å². The third kappa shape index (κ3) is 3.64. The first-order valence-corrected chi connectivity index (χ1v) is 9.21. The van der Waals surface area contributed by atoms with E-state index >= 15 is 0 Å². The van der Waals surface area contributed by atoms with Crippen molar-refractivity contribution in [2.75, 3.05) is 13.2 Å². The fourth-order valence-electron chi connectivity index (χ4n) is 3.03. The molecule has 7 nitrogen and oxygen atoms in total. The van der Waals surface area contributed by atoms with Gasteiger partial charge in [0.1, 0.15) is 22.8 Å². The zero-order chi connectivity index (χ0) is 20.6. The van der Waals surface area contributed by atoms with E-state index in [1.807, 2.05) is 28.8 Å². The molecule has 29 heavy (non-hydrogen) atoms. The Bertz CT molecular complexity index is 1180. The van der Waals surface area contributed by atoms with Crippen LogP contribution in [0.15, 0.2) is 48.7 Å². The first kappa shape index (κ1) is 19.2. The molecule has 3 aromatic heterocycles. The van der Waals surface area contributed by atoms with Crippen LogP contribution in [0.1, 0.15) is 13.8 Å². The lowest BCUT2D eigenvalue weighted by Gasteiger charge is -2.29. The van der Waals surface area contributed by atoms with Crippen molar-refractivity contribution in [2.24, 2.45) is 5.41 Å². The molecule has 0 spiro atoms. The minimum Gasteiger partial charge on any atom is -0.491 e. The van der Waals surface area contributed by atoms with Crippen LogP contribution in [-0.4, -0.2) is 49.1 Å². The number of pyridine rings is 2. The topological polar surface area (TPSA) is 92.8 Å². The van der Waals surface area contributed by atoms with Crippen LogP contribution in [0.5, 0.6) is 5.75 Å². The molecule has 2 N–H and O–H groups in total. The summed E-state index contributed by atoms with van der Waals surface area (Å²) in [5.74, 6) is 0.373. The highest BCUT2D eigenvalue weighted by molar-refractivity contribution is 5.86. The zero-order valence-corrected chi connectivity index (χ0v) is 16.1. The molecular formula is C21H21FN4O3. The number of ether oxygens (including phenoxy) is 1. The van der Waals surface area contributed by atoms with Crippen molar-refractivity contribution in [3.63, 3.8) is 0 Å². The average Bonchev–Trinajstić information content (AvgIpc) is 3.15. The summed E-state index contributed by atoms with van der Waals surface area (Å²) in [5, 5.41) is 28.1. The van der Waals surface area contributed by atoms with Gasteiger partial charge < -0.3 is 14.9 Å². The molecule has 0 saturated carbocycles. The van der Waals surface area contributed by atoms with E-state index in [1.165, 1.54) is 12.1 Å². The van der Waals surface area contributed by atoms with Crippen molar-refractivity contribution >= 4 is 16.6 Å². The molecule has 0 aliphatic heterocycles. The summed E-state index contributed by atoms with van der Waals surface area (Å²) < 4.78 is 21.7. The Morgan fingerprint density at radius 2 is 2.00 bits per heavy atom. The highest BCUT2D eigenvalue weighted by Gasteiger charge is 2.28. The standard InChI is InChI=1S/C21H21FN4O3/c1-21(2,17(28)11-27)12-29-16-10-14(22)9-13-6-7-15(23-19(13)16)20-25-24-18-5-3-4-8-26(18)20/h3-10,17,27-28H,11-12H2,1-2H3. The van der Waals surface area contributed by atoms with E-state index in [1.54, 1.807) is 26.0 Å². The van der Waals surface area contributed by atoms with Crippen LogP contribution in [0.25, 0.3) is 28.1 Å². The number of benzene rings is 1. The highest BCUT2D eigenvalue weighted by atomic mass is 19.1. The van der Waals surface area contributed by atoms with E-state index in [9.17, 15) is 14.6 Å². The lowest BCUT2D eigenvalue weighted by molar-refractivity contribution is -0.0197. The molecule has 0 aliphatic carbocycles. The summed E-state index contributed by atoms with van der Waals surface area (Å²) >= 11 is 0. The van der Waals surface area contributed by atoms with Crippen LogP contribution < -0.4 is 4.74 Å². The number of aliphatic hydroxyl groups is 2. The van der Waals surface area contributed by atoms with Crippen molar-refractivity contribution in [1.29, 1.82) is 0 Å². The van der Waals surface area contributed by atoms with E-state index < -0.39 is 17.3 Å². The van der Waals surface area contributed by atoms with Crippen molar-refractivity contribution in [1.82, 2.24) is 19.6 Å². The molecule has 1 unspecified atom stereocenters. The second kappa shape index (κ2) is 7.38. The number of rotatable bonds is 6. The van der Waals surface area contributed by atoms with Gasteiger partial charge in [-0.2, -0.15) is 0 Å². The van der Waals surface area contributed by atoms with E-state index in [0.29, 0.717) is 28.1 Å². The summed E-state index contributed by atoms with van der Waals surface area (Å²) in [7, 11) is 0. The number of nitrogens with zero attached hydrogens (tertiary/aromatic N) is 4. The van der Waals surface area contributed by atoms with E-state index in [2.05, 4.69) is 15.2 Å². The monoisotopic (exact) mass is 396 g/mol. The summed E-state index contributed by atoms with van der Waals surface area (Å²) in [5.41, 5.74) is 1.02. The molecule has 0 fully saturated rings. The first-order chi connectivity index (χ1) is 13.9. The number of hydrogen-bond donors (Lipinski definition) is 2. The van der Waals surface area contributed by atoms with Crippen molar-refractivity contribution in [3.8, 4) is 17.3 Å². The minimum atomic E-state index is -0.965. The van der Waals surface area contributed by atoms with Crippen LogP contribution in [-0.2, 0) is 0 Å². The molecule has 0 aliphatic rings. The zero-order valence-electron chi connectivity index (χ0n) is 16.1. The van der Waals surface area contributed by atoms with Crippen molar-refractivity contribution in [3.05, 3.63) is 54.5 Å². The van der Waals surface area contributed by atoms with Crippen LogP contribution in [0, 0.1) is 11.2 Å². The average molecular weight is 396 g/mol. The van der Waals surface area contributed by atoms with E-state index in [0.717, 1.165) is 0 Å². The van der Waals surface area contributed by atoms with Crippen molar-refractivity contribution in [2.45, 2.75) is 20.0 Å². The SMILES string of the molecule is CC(C)(COc1cc(F)cc2ccc(-c3nnc4ccccn34)nc12)C(O)CO. The van der Waals surface area contributed by atoms with Gasteiger partial charge in [0.25, 0.3) is 0 Å². The van der Waals surface area contributed by atoms with Gasteiger partial charge >= 0.3 is 0 Å². The second-order valence-electron chi connectivity index (χ2n) is 7.60. The van der Waals surface area contributed by atoms with Gasteiger partial charge in [-0.15, -0.1) is 10.2 Å². The Balaban J connectivity index is 1.76. The van der Waals surface area contributed by atoms with Gasteiger partial charge in [0.15, 0.2) is 11.5 Å². The molecule has 4 rings (SSSR count). The number of fused-ring (bicyclic) bond motifs is 2. The van der Waals surface area contributed by atoms with Crippen LogP contribution >= 0.6 is 0 Å². The van der Waals surface area contributed by atoms with Gasteiger partial charge in [0.05, 0.1) is 19.3 Å². The molecule has 1 atom stereocenters. The van der Waals surface area contributed by atoms with Gasteiger partial charge in [-0.05, 0) is 24.3 Å². The summed E-state index contributed by atoms with van der Waals surface area (Å²) in [6.45, 7) is 3.21. The third-order valence-corrected chi connectivity index (χ3v) is 4.94. The fraction of sp³-hybridized carbons (Fsp3) is 0.286. The Kier molecular flexibility index (Phi) is 4.89. The van der Waals surface area contributed by atoms with E-state index in [-0.39, 0.29) is 19.0 Å². The Morgan fingerprint density at radius 1 is 1.17 bits per heavy atom. The normalized spacial score (nSPS) is 13.1. The van der Waals surface area contributed by atoms with E-state index in [4.69, 9.17) is 4.74 Å². The summed E-state index contributed by atoms with van der Waals surface area (Å²) in [6.07, 6.45) is 0.880. The highest BCUT2D eigenvalue weighted by Crippen LogP contribution is 2.30. The number of halogens is 1. The smallest absolute Gasteiger partial charge is 0.187 e. The molecule has 150 valence electrons. The lowest BCUT2D eigenvalue weighted by Crippen LogP contribution is -2.37. The predicted molar refractivity (Wildman–Crippen MR) is 106 cm³/mol. The number of aromatic nitrogens is 4. The lowest BCUT2D eigenvalue weighted by atomic mass is 9.88. The molecule has 1 aromatic carbocycles. The largest absolute Gasteiger partial charge is 0.491 e. The molecule has 0 bridgehead atoms. The minimum absolute atomic E-state index is 0.0764. The van der Waals surface area contributed by atoms with Gasteiger partial charge in [-0.3, -0.25) is 4.40 Å². The quantitative estimate of drug-likeness (QED) is 0.521. The molecule has 0 saturated heterocycles. The molecule has 4 aromatic rings. The summed E-state index contributed by atoms with van der Waals surface area (Å²) in [6, 6.07) is 11.8. The Morgan fingerprint density at radius 3 is 2.79 bits per heavy atom. The van der Waals surface area contributed by atoms with Gasteiger partial charge in [-0.25, -0.2) is 9.37 Å². The first-order valence-electron chi connectivity index (χ1n) is 9.21. The molecule has 8 heteroatoms. The number of hydrogen-bond acceptors (Lipinski definition) is 6. The van der Waals surface area contributed by atoms with Gasteiger partial charge in [-0.1, -0.05) is 26.0 Å². The van der Waals surface area contributed by atoms with Crippen LogP contribution in [0.2, 0.25) is 0 Å². The fourth-order valence-corrected chi connectivity index (χ4v) is 3.03. The maximum absolute atomic E-state index is 14.1. The molecule has 0 radical (unpaired) electrons.